The fraction of sp³-hybridized carbons (Fsp3) is 0.357. The highest BCUT2D eigenvalue weighted by atomic mass is 19.2. The molecule has 164 valence electrons. The number of aryl methyl sites for hydroxylation is 1. The second kappa shape index (κ2) is 11.6. The van der Waals surface area contributed by atoms with E-state index in [4.69, 9.17) is 4.74 Å². The molecule has 0 aliphatic rings. The van der Waals surface area contributed by atoms with E-state index < -0.39 is 11.6 Å². The quantitative estimate of drug-likeness (QED) is 0.281. The molecule has 0 spiro atoms. The average molecular weight is 423 g/mol. The van der Waals surface area contributed by atoms with Crippen LogP contribution in [0.1, 0.15) is 57.9 Å². The molecule has 0 fully saturated rings. The van der Waals surface area contributed by atoms with Crippen molar-refractivity contribution < 1.29 is 13.5 Å². The molecule has 0 aromatic heterocycles. The first-order valence-corrected chi connectivity index (χ1v) is 11.4. The van der Waals surface area contributed by atoms with Crippen LogP contribution in [0, 0.1) is 11.6 Å². The molecule has 1 nitrogen and oxygen atoms in total. The minimum Gasteiger partial charge on any atom is -0.494 e. The van der Waals surface area contributed by atoms with E-state index >= 15 is 0 Å². The number of hydrogen-bond acceptors (Lipinski definition) is 1. The SMILES string of the molecule is CCCCCCCCc1ccc(-c2ccc(-c3ccc(OCC)cc3)cc2)c(F)c1F. The third-order valence-corrected chi connectivity index (χ3v) is 5.66. The van der Waals surface area contributed by atoms with Crippen LogP contribution in [-0.2, 0) is 6.42 Å². The largest absolute Gasteiger partial charge is 0.494 e. The zero-order valence-corrected chi connectivity index (χ0v) is 18.6. The highest BCUT2D eigenvalue weighted by Crippen LogP contribution is 2.30. The van der Waals surface area contributed by atoms with Crippen molar-refractivity contribution in [3.63, 3.8) is 0 Å². The van der Waals surface area contributed by atoms with Gasteiger partial charge in [0.05, 0.1) is 6.61 Å². The topological polar surface area (TPSA) is 9.23 Å². The summed E-state index contributed by atoms with van der Waals surface area (Å²) in [7, 11) is 0. The summed E-state index contributed by atoms with van der Waals surface area (Å²) in [4.78, 5) is 0. The average Bonchev–Trinajstić information content (AvgIpc) is 2.80. The number of halogens is 2. The van der Waals surface area contributed by atoms with Gasteiger partial charge in [-0.1, -0.05) is 87.6 Å². The van der Waals surface area contributed by atoms with Gasteiger partial charge in [-0.05, 0) is 54.2 Å². The van der Waals surface area contributed by atoms with Gasteiger partial charge >= 0.3 is 0 Å². The monoisotopic (exact) mass is 422 g/mol. The van der Waals surface area contributed by atoms with Crippen LogP contribution in [0.15, 0.2) is 60.7 Å². The zero-order chi connectivity index (χ0) is 22.1. The molecule has 0 aliphatic heterocycles. The number of ether oxygens (including phenoxy) is 1. The molecule has 0 N–H and O–H groups in total. The molecule has 3 rings (SSSR count). The molecule has 0 saturated heterocycles. The first kappa shape index (κ1) is 23.0. The van der Waals surface area contributed by atoms with E-state index in [-0.39, 0.29) is 0 Å². The van der Waals surface area contributed by atoms with Crippen LogP contribution in [0.4, 0.5) is 8.78 Å². The van der Waals surface area contributed by atoms with Gasteiger partial charge in [-0.2, -0.15) is 0 Å². The maximum absolute atomic E-state index is 14.8. The highest BCUT2D eigenvalue weighted by Gasteiger charge is 2.14. The highest BCUT2D eigenvalue weighted by molar-refractivity contribution is 5.71. The van der Waals surface area contributed by atoms with Gasteiger partial charge in [0.2, 0.25) is 0 Å². The lowest BCUT2D eigenvalue weighted by Crippen LogP contribution is -1.98. The van der Waals surface area contributed by atoms with Crippen LogP contribution in [0.3, 0.4) is 0 Å². The Balaban J connectivity index is 1.67. The first-order valence-electron chi connectivity index (χ1n) is 11.4. The second-order valence-corrected chi connectivity index (χ2v) is 7.95. The number of hydrogen-bond donors (Lipinski definition) is 0. The van der Waals surface area contributed by atoms with E-state index in [1.54, 1.807) is 12.1 Å². The van der Waals surface area contributed by atoms with E-state index in [2.05, 4.69) is 6.92 Å². The molecule has 3 aromatic rings. The summed E-state index contributed by atoms with van der Waals surface area (Å²) < 4.78 is 34.9. The molecule has 0 unspecified atom stereocenters. The zero-order valence-electron chi connectivity index (χ0n) is 18.6. The fourth-order valence-corrected chi connectivity index (χ4v) is 3.85. The van der Waals surface area contributed by atoms with Gasteiger partial charge < -0.3 is 4.74 Å². The van der Waals surface area contributed by atoms with Crippen molar-refractivity contribution in [3.8, 4) is 28.0 Å². The molecule has 0 amide bonds. The molecule has 0 aliphatic carbocycles. The van der Waals surface area contributed by atoms with Crippen LogP contribution < -0.4 is 4.74 Å². The van der Waals surface area contributed by atoms with Crippen LogP contribution in [0.5, 0.6) is 5.75 Å². The third kappa shape index (κ3) is 6.16. The molecule has 3 heteroatoms. The Morgan fingerprint density at radius 1 is 0.613 bits per heavy atom. The normalized spacial score (nSPS) is 11.0. The van der Waals surface area contributed by atoms with Gasteiger partial charge in [0.15, 0.2) is 11.6 Å². The third-order valence-electron chi connectivity index (χ3n) is 5.66. The summed E-state index contributed by atoms with van der Waals surface area (Å²) in [5.74, 6) is -0.625. The van der Waals surface area contributed by atoms with E-state index in [1.165, 1.54) is 19.3 Å². The van der Waals surface area contributed by atoms with Crippen molar-refractivity contribution in [1.82, 2.24) is 0 Å². The molecule has 0 saturated carbocycles. The standard InChI is InChI=1S/C28H32F2O/c1-3-5-6-7-8-9-10-24-17-20-26(28(30)27(24)29)23-13-11-21(12-14-23)22-15-18-25(19-16-22)31-4-2/h11-20H,3-10H2,1-2H3. The smallest absolute Gasteiger partial charge is 0.166 e. The predicted molar refractivity (Wildman–Crippen MR) is 125 cm³/mol. The maximum atomic E-state index is 14.8. The number of benzene rings is 3. The van der Waals surface area contributed by atoms with Crippen molar-refractivity contribution in [1.29, 1.82) is 0 Å². The van der Waals surface area contributed by atoms with Gasteiger partial charge in [-0.25, -0.2) is 8.78 Å². The second-order valence-electron chi connectivity index (χ2n) is 7.95. The van der Waals surface area contributed by atoms with E-state index in [1.807, 2.05) is 55.5 Å². The minimum atomic E-state index is -0.752. The lowest BCUT2D eigenvalue weighted by molar-refractivity contribution is 0.340. The lowest BCUT2D eigenvalue weighted by atomic mass is 9.97. The molecule has 0 bridgehead atoms. The van der Waals surface area contributed by atoms with Gasteiger partial charge in [-0.15, -0.1) is 0 Å². The summed E-state index contributed by atoms with van der Waals surface area (Å²) in [5.41, 5.74) is 3.53. The summed E-state index contributed by atoms with van der Waals surface area (Å²) in [5, 5.41) is 0. The Labute approximate surface area is 185 Å². The lowest BCUT2D eigenvalue weighted by Gasteiger charge is -2.10. The molecule has 31 heavy (non-hydrogen) atoms. The Bertz CT molecular complexity index is 946. The summed E-state index contributed by atoms with van der Waals surface area (Å²) in [6, 6.07) is 18.9. The van der Waals surface area contributed by atoms with Gasteiger partial charge in [-0.3, -0.25) is 0 Å². The number of rotatable bonds is 11. The molecule has 0 heterocycles. The molecular formula is C28H32F2O. The van der Waals surface area contributed by atoms with Crippen LogP contribution in [0.25, 0.3) is 22.3 Å². The summed E-state index contributed by atoms with van der Waals surface area (Å²) in [6.07, 6.45) is 7.39. The Morgan fingerprint density at radius 2 is 1.19 bits per heavy atom. The van der Waals surface area contributed by atoms with E-state index in [9.17, 15) is 8.78 Å². The minimum absolute atomic E-state index is 0.308. The molecular weight excluding hydrogens is 390 g/mol. The Hall–Kier alpha value is -2.68. The summed E-state index contributed by atoms with van der Waals surface area (Å²) >= 11 is 0. The summed E-state index contributed by atoms with van der Waals surface area (Å²) in [6.45, 7) is 4.77. The Morgan fingerprint density at radius 3 is 1.84 bits per heavy atom. The molecule has 3 aromatic carbocycles. The van der Waals surface area contributed by atoms with Crippen molar-refractivity contribution >= 4 is 0 Å². The van der Waals surface area contributed by atoms with Gasteiger partial charge in [0, 0.05) is 5.56 Å². The van der Waals surface area contributed by atoms with E-state index in [0.717, 1.165) is 36.1 Å². The number of unbranched alkanes of at least 4 members (excludes halogenated alkanes) is 5. The van der Waals surface area contributed by atoms with Crippen LogP contribution in [0.2, 0.25) is 0 Å². The van der Waals surface area contributed by atoms with Crippen molar-refractivity contribution in [2.75, 3.05) is 6.61 Å². The molecule has 0 atom stereocenters. The van der Waals surface area contributed by atoms with Crippen molar-refractivity contribution in [2.45, 2.75) is 58.8 Å². The molecule has 0 radical (unpaired) electrons. The van der Waals surface area contributed by atoms with Crippen LogP contribution >= 0.6 is 0 Å². The maximum Gasteiger partial charge on any atom is 0.166 e. The van der Waals surface area contributed by atoms with Crippen molar-refractivity contribution in [2.24, 2.45) is 0 Å². The van der Waals surface area contributed by atoms with E-state index in [0.29, 0.717) is 29.7 Å². The van der Waals surface area contributed by atoms with Crippen molar-refractivity contribution in [3.05, 3.63) is 77.9 Å². The first-order chi connectivity index (χ1) is 15.1. The fourth-order valence-electron chi connectivity index (χ4n) is 3.85. The van der Waals surface area contributed by atoms with Gasteiger partial charge in [0.1, 0.15) is 5.75 Å². The van der Waals surface area contributed by atoms with Crippen LogP contribution in [-0.4, -0.2) is 6.61 Å². The van der Waals surface area contributed by atoms with Gasteiger partial charge in [0.25, 0.3) is 0 Å². The predicted octanol–water partition coefficient (Wildman–Crippen LogP) is 8.60. The Kier molecular flexibility index (Phi) is 8.63.